The predicted molar refractivity (Wildman–Crippen MR) is 74.5 cm³/mol. The van der Waals surface area contributed by atoms with Gasteiger partial charge in [0.2, 0.25) is 0 Å². The molecule has 0 aliphatic heterocycles. The minimum atomic E-state index is 0.478. The lowest BCUT2D eigenvalue weighted by Gasteiger charge is -2.13. The normalized spacial score (nSPS) is 10.2. The Kier molecular flexibility index (Phi) is 4.11. The van der Waals surface area contributed by atoms with Crippen LogP contribution in [0.1, 0.15) is 5.56 Å². The maximum Gasteiger partial charge on any atom is 0.126 e. The van der Waals surface area contributed by atoms with E-state index in [0.717, 1.165) is 28.2 Å². The second kappa shape index (κ2) is 5.78. The molecule has 0 saturated heterocycles. The fourth-order valence-corrected chi connectivity index (χ4v) is 2.08. The molecule has 0 bridgehead atoms. The first-order valence-electron chi connectivity index (χ1n) is 5.66. The third-order valence-electron chi connectivity index (χ3n) is 2.82. The zero-order valence-corrected chi connectivity index (χ0v) is 11.2. The zero-order chi connectivity index (χ0) is 13.0. The third kappa shape index (κ3) is 2.44. The van der Waals surface area contributed by atoms with E-state index in [1.165, 1.54) is 0 Å². The van der Waals surface area contributed by atoms with Crippen LogP contribution in [0.3, 0.4) is 0 Å². The van der Waals surface area contributed by atoms with E-state index in [1.54, 1.807) is 14.2 Å². The largest absolute Gasteiger partial charge is 0.496 e. The van der Waals surface area contributed by atoms with Crippen molar-refractivity contribution >= 4 is 11.6 Å². The van der Waals surface area contributed by atoms with Crippen molar-refractivity contribution in [2.75, 3.05) is 14.2 Å². The third-order valence-corrected chi connectivity index (χ3v) is 3.12. The number of alkyl halides is 1. The standard InChI is InChI=1S/C15H15ClO2/c1-17-14-6-4-3-5-12(14)13-9-11(10-16)7-8-15(13)18-2/h3-9H,10H2,1-2H3. The summed E-state index contributed by atoms with van der Waals surface area (Å²) in [6, 6.07) is 13.8. The Hall–Kier alpha value is -1.67. The van der Waals surface area contributed by atoms with Crippen LogP contribution in [0.4, 0.5) is 0 Å². The lowest BCUT2D eigenvalue weighted by Crippen LogP contribution is -1.92. The maximum absolute atomic E-state index is 5.88. The van der Waals surface area contributed by atoms with Gasteiger partial charge in [0, 0.05) is 17.0 Å². The van der Waals surface area contributed by atoms with Crippen LogP contribution >= 0.6 is 11.6 Å². The number of para-hydroxylation sites is 1. The molecule has 18 heavy (non-hydrogen) atoms. The van der Waals surface area contributed by atoms with Gasteiger partial charge in [0.05, 0.1) is 14.2 Å². The van der Waals surface area contributed by atoms with Crippen LogP contribution in [0.5, 0.6) is 11.5 Å². The van der Waals surface area contributed by atoms with Crippen LogP contribution < -0.4 is 9.47 Å². The summed E-state index contributed by atoms with van der Waals surface area (Å²) in [5.74, 6) is 2.11. The first-order valence-corrected chi connectivity index (χ1v) is 6.20. The molecule has 94 valence electrons. The summed E-state index contributed by atoms with van der Waals surface area (Å²) in [6.07, 6.45) is 0. The number of hydrogen-bond acceptors (Lipinski definition) is 2. The van der Waals surface area contributed by atoms with E-state index in [-0.39, 0.29) is 0 Å². The molecule has 0 aromatic heterocycles. The van der Waals surface area contributed by atoms with Crippen molar-refractivity contribution in [1.29, 1.82) is 0 Å². The molecule has 0 spiro atoms. The van der Waals surface area contributed by atoms with Gasteiger partial charge in [-0.15, -0.1) is 11.6 Å². The van der Waals surface area contributed by atoms with E-state index in [4.69, 9.17) is 21.1 Å². The van der Waals surface area contributed by atoms with Crippen LogP contribution in [-0.4, -0.2) is 14.2 Å². The molecular weight excluding hydrogens is 248 g/mol. The molecule has 0 radical (unpaired) electrons. The molecule has 0 aliphatic rings. The Bertz CT molecular complexity index is 538. The number of methoxy groups -OCH3 is 2. The summed E-state index contributed by atoms with van der Waals surface area (Å²) in [4.78, 5) is 0. The van der Waals surface area contributed by atoms with Crippen LogP contribution in [0.15, 0.2) is 42.5 Å². The van der Waals surface area contributed by atoms with Gasteiger partial charge in [0.25, 0.3) is 0 Å². The van der Waals surface area contributed by atoms with Crippen molar-refractivity contribution < 1.29 is 9.47 Å². The Morgan fingerprint density at radius 3 is 2.22 bits per heavy atom. The van der Waals surface area contributed by atoms with Crippen LogP contribution in [0.2, 0.25) is 0 Å². The molecule has 0 saturated carbocycles. The fourth-order valence-electron chi connectivity index (χ4n) is 1.92. The smallest absolute Gasteiger partial charge is 0.126 e. The molecular formula is C15H15ClO2. The van der Waals surface area contributed by atoms with Gasteiger partial charge in [-0.3, -0.25) is 0 Å². The average molecular weight is 263 g/mol. The number of ether oxygens (including phenoxy) is 2. The SMILES string of the molecule is COc1ccccc1-c1cc(CCl)ccc1OC. The summed E-state index contributed by atoms with van der Waals surface area (Å²) in [6.45, 7) is 0. The molecule has 0 amide bonds. The Morgan fingerprint density at radius 1 is 0.889 bits per heavy atom. The fraction of sp³-hybridized carbons (Fsp3) is 0.200. The van der Waals surface area contributed by atoms with Crippen LogP contribution in [-0.2, 0) is 5.88 Å². The highest BCUT2D eigenvalue weighted by Crippen LogP contribution is 2.36. The molecule has 0 fully saturated rings. The molecule has 0 N–H and O–H groups in total. The molecule has 2 aromatic carbocycles. The van der Waals surface area contributed by atoms with E-state index in [1.807, 2.05) is 42.5 Å². The number of rotatable bonds is 4. The molecule has 2 rings (SSSR count). The van der Waals surface area contributed by atoms with E-state index >= 15 is 0 Å². The Morgan fingerprint density at radius 2 is 1.56 bits per heavy atom. The number of hydrogen-bond donors (Lipinski definition) is 0. The summed E-state index contributed by atoms with van der Waals surface area (Å²) >= 11 is 5.88. The highest BCUT2D eigenvalue weighted by atomic mass is 35.5. The lowest BCUT2D eigenvalue weighted by molar-refractivity contribution is 0.410. The summed E-state index contributed by atoms with van der Waals surface area (Å²) < 4.78 is 10.8. The minimum absolute atomic E-state index is 0.478. The van der Waals surface area contributed by atoms with Gasteiger partial charge in [-0.25, -0.2) is 0 Å². The first-order chi connectivity index (χ1) is 8.80. The second-order valence-corrected chi connectivity index (χ2v) is 4.14. The summed E-state index contributed by atoms with van der Waals surface area (Å²) in [7, 11) is 3.32. The van der Waals surface area contributed by atoms with Gasteiger partial charge in [0.1, 0.15) is 11.5 Å². The molecule has 0 aliphatic carbocycles. The van der Waals surface area contributed by atoms with Crippen LogP contribution in [0, 0.1) is 0 Å². The van der Waals surface area contributed by atoms with Crippen molar-refractivity contribution in [3.8, 4) is 22.6 Å². The van der Waals surface area contributed by atoms with Gasteiger partial charge in [-0.1, -0.05) is 24.3 Å². The highest BCUT2D eigenvalue weighted by Gasteiger charge is 2.11. The van der Waals surface area contributed by atoms with Crippen molar-refractivity contribution in [2.45, 2.75) is 5.88 Å². The average Bonchev–Trinajstić information content (AvgIpc) is 2.46. The van der Waals surface area contributed by atoms with Gasteiger partial charge in [-0.05, 0) is 23.8 Å². The van der Waals surface area contributed by atoms with Crippen LogP contribution in [0.25, 0.3) is 11.1 Å². The number of halogens is 1. The van der Waals surface area contributed by atoms with Crippen molar-refractivity contribution in [2.24, 2.45) is 0 Å². The quantitative estimate of drug-likeness (QED) is 0.772. The van der Waals surface area contributed by atoms with Gasteiger partial charge in [-0.2, -0.15) is 0 Å². The zero-order valence-electron chi connectivity index (χ0n) is 10.4. The van der Waals surface area contributed by atoms with Crippen molar-refractivity contribution in [3.63, 3.8) is 0 Å². The molecule has 0 atom stereocenters. The van der Waals surface area contributed by atoms with Gasteiger partial charge < -0.3 is 9.47 Å². The molecule has 2 nitrogen and oxygen atoms in total. The molecule has 3 heteroatoms. The maximum atomic E-state index is 5.88. The summed E-state index contributed by atoms with van der Waals surface area (Å²) in [5, 5.41) is 0. The van der Waals surface area contributed by atoms with E-state index < -0.39 is 0 Å². The minimum Gasteiger partial charge on any atom is -0.496 e. The Labute approximate surface area is 112 Å². The summed E-state index contributed by atoms with van der Waals surface area (Å²) in [5.41, 5.74) is 3.05. The second-order valence-electron chi connectivity index (χ2n) is 3.87. The monoisotopic (exact) mass is 262 g/mol. The molecule has 0 heterocycles. The Balaban J connectivity index is 2.60. The lowest BCUT2D eigenvalue weighted by atomic mass is 10.0. The number of benzene rings is 2. The molecule has 0 unspecified atom stereocenters. The van der Waals surface area contributed by atoms with Gasteiger partial charge >= 0.3 is 0 Å². The van der Waals surface area contributed by atoms with Crippen molar-refractivity contribution in [1.82, 2.24) is 0 Å². The first kappa shape index (κ1) is 12.8. The topological polar surface area (TPSA) is 18.5 Å². The molecule has 2 aromatic rings. The van der Waals surface area contributed by atoms with Crippen molar-refractivity contribution in [3.05, 3.63) is 48.0 Å². The van der Waals surface area contributed by atoms with E-state index in [0.29, 0.717) is 5.88 Å². The van der Waals surface area contributed by atoms with Gasteiger partial charge in [0.15, 0.2) is 0 Å². The predicted octanol–water partition coefficient (Wildman–Crippen LogP) is 4.11. The van der Waals surface area contributed by atoms with E-state index in [9.17, 15) is 0 Å². The highest BCUT2D eigenvalue weighted by molar-refractivity contribution is 6.17. The van der Waals surface area contributed by atoms with E-state index in [2.05, 4.69) is 0 Å².